The molecule has 0 bridgehead atoms. The lowest BCUT2D eigenvalue weighted by Crippen LogP contribution is -2.32. The summed E-state index contributed by atoms with van der Waals surface area (Å²) in [5, 5.41) is 5.76. The number of para-hydroxylation sites is 2. The lowest BCUT2D eigenvalue weighted by molar-refractivity contribution is -0.115. The third-order valence-corrected chi connectivity index (χ3v) is 3.35. The van der Waals surface area contributed by atoms with Gasteiger partial charge in [0.15, 0.2) is 0 Å². The molecule has 0 radical (unpaired) electrons. The lowest BCUT2D eigenvalue weighted by atomic mass is 10.2. The molecule has 0 heterocycles. The van der Waals surface area contributed by atoms with Crippen molar-refractivity contribution in [1.29, 1.82) is 0 Å². The minimum absolute atomic E-state index is 0.145. The van der Waals surface area contributed by atoms with Crippen LogP contribution in [0.1, 0.15) is 23.7 Å². The third-order valence-electron chi connectivity index (χ3n) is 3.12. The number of hydrogen-bond donors (Lipinski definition) is 2. The van der Waals surface area contributed by atoms with Gasteiger partial charge in [0.25, 0.3) is 5.91 Å². The van der Waals surface area contributed by atoms with Crippen molar-refractivity contribution in [3.63, 3.8) is 0 Å². The maximum Gasteiger partial charge on any atom is 0.251 e. The first-order chi connectivity index (χ1) is 11.6. The molecule has 24 heavy (non-hydrogen) atoms. The van der Waals surface area contributed by atoms with E-state index < -0.39 is 0 Å². The van der Waals surface area contributed by atoms with Gasteiger partial charge >= 0.3 is 0 Å². The summed E-state index contributed by atoms with van der Waals surface area (Å²) < 4.78 is 5.58. The molecular weight excluding hydrogens is 328 g/mol. The predicted octanol–water partition coefficient (Wildman–Crippen LogP) is 3.50. The van der Waals surface area contributed by atoms with Gasteiger partial charge in [0.05, 0.1) is 18.8 Å². The number of anilines is 1. The summed E-state index contributed by atoms with van der Waals surface area (Å²) in [5.41, 5.74) is 0.981. The van der Waals surface area contributed by atoms with E-state index in [1.165, 1.54) is 0 Å². The van der Waals surface area contributed by atoms with Crippen LogP contribution < -0.4 is 15.4 Å². The molecule has 0 saturated heterocycles. The molecule has 0 atom stereocenters. The molecule has 6 heteroatoms. The highest BCUT2D eigenvalue weighted by atomic mass is 35.5. The standard InChI is InChI=1S/C18H19ClN2O3/c1-2-10-24-16-9-4-3-8-15(16)21-17(22)12-20-18(23)13-6-5-7-14(19)11-13/h3-9,11H,2,10,12H2,1H3,(H,20,23)(H,21,22). The molecule has 0 spiro atoms. The summed E-state index contributed by atoms with van der Waals surface area (Å²) in [6.07, 6.45) is 0.873. The number of benzene rings is 2. The zero-order valence-corrected chi connectivity index (χ0v) is 14.1. The first-order valence-electron chi connectivity index (χ1n) is 7.65. The third kappa shape index (κ3) is 5.28. The largest absolute Gasteiger partial charge is 0.491 e. The number of ether oxygens (including phenoxy) is 1. The summed E-state index contributed by atoms with van der Waals surface area (Å²) in [7, 11) is 0. The van der Waals surface area contributed by atoms with Crippen molar-refractivity contribution in [2.45, 2.75) is 13.3 Å². The van der Waals surface area contributed by atoms with Crippen molar-refractivity contribution in [3.8, 4) is 5.75 Å². The SMILES string of the molecule is CCCOc1ccccc1NC(=O)CNC(=O)c1cccc(Cl)c1. The molecular formula is C18H19ClN2O3. The predicted molar refractivity (Wildman–Crippen MR) is 94.6 cm³/mol. The van der Waals surface area contributed by atoms with Crippen LogP contribution in [0.4, 0.5) is 5.69 Å². The Labute approximate surface area is 146 Å². The van der Waals surface area contributed by atoms with E-state index in [4.69, 9.17) is 16.3 Å². The molecule has 2 aromatic rings. The number of amides is 2. The molecule has 0 aliphatic rings. The van der Waals surface area contributed by atoms with Crippen molar-refractivity contribution in [2.75, 3.05) is 18.5 Å². The molecule has 0 aromatic heterocycles. The highest BCUT2D eigenvalue weighted by Gasteiger charge is 2.10. The summed E-state index contributed by atoms with van der Waals surface area (Å²) in [6, 6.07) is 13.7. The van der Waals surface area contributed by atoms with Gasteiger partial charge in [-0.05, 0) is 36.8 Å². The smallest absolute Gasteiger partial charge is 0.251 e. The maximum atomic E-state index is 12.0. The van der Waals surface area contributed by atoms with E-state index in [2.05, 4.69) is 10.6 Å². The molecule has 2 N–H and O–H groups in total. The highest BCUT2D eigenvalue weighted by molar-refractivity contribution is 6.31. The zero-order chi connectivity index (χ0) is 17.4. The zero-order valence-electron chi connectivity index (χ0n) is 13.3. The van der Waals surface area contributed by atoms with Gasteiger partial charge in [-0.3, -0.25) is 9.59 Å². The quantitative estimate of drug-likeness (QED) is 0.806. The van der Waals surface area contributed by atoms with Crippen LogP contribution in [0, 0.1) is 0 Å². The van der Waals surface area contributed by atoms with Gasteiger partial charge in [0.1, 0.15) is 5.75 Å². The minimum Gasteiger partial charge on any atom is -0.491 e. The number of rotatable bonds is 7. The van der Waals surface area contributed by atoms with E-state index in [0.717, 1.165) is 6.42 Å². The van der Waals surface area contributed by atoms with Gasteiger partial charge in [-0.25, -0.2) is 0 Å². The molecule has 2 rings (SSSR count). The van der Waals surface area contributed by atoms with Gasteiger partial charge in [-0.1, -0.05) is 36.7 Å². The fraction of sp³-hybridized carbons (Fsp3) is 0.222. The fourth-order valence-electron chi connectivity index (χ4n) is 1.99. The van der Waals surface area contributed by atoms with Crippen molar-refractivity contribution in [3.05, 3.63) is 59.1 Å². The van der Waals surface area contributed by atoms with Crippen molar-refractivity contribution < 1.29 is 14.3 Å². The van der Waals surface area contributed by atoms with Gasteiger partial charge in [0.2, 0.25) is 5.91 Å². The minimum atomic E-state index is -0.358. The Kier molecular flexibility index (Phi) is 6.63. The van der Waals surface area contributed by atoms with Crippen LogP contribution in [0.25, 0.3) is 0 Å². The van der Waals surface area contributed by atoms with E-state index in [0.29, 0.717) is 28.6 Å². The molecule has 126 valence electrons. The Hall–Kier alpha value is -2.53. The van der Waals surface area contributed by atoms with E-state index in [1.807, 2.05) is 13.0 Å². The van der Waals surface area contributed by atoms with Crippen LogP contribution in [-0.4, -0.2) is 25.0 Å². The second-order valence-corrected chi connectivity index (χ2v) is 5.52. The van der Waals surface area contributed by atoms with Gasteiger partial charge in [-0.2, -0.15) is 0 Å². The van der Waals surface area contributed by atoms with Crippen LogP contribution in [0.3, 0.4) is 0 Å². The molecule has 2 amide bonds. The average Bonchev–Trinajstić information content (AvgIpc) is 2.59. The van der Waals surface area contributed by atoms with Crippen molar-refractivity contribution in [1.82, 2.24) is 5.32 Å². The molecule has 5 nitrogen and oxygen atoms in total. The van der Waals surface area contributed by atoms with E-state index >= 15 is 0 Å². The van der Waals surface area contributed by atoms with E-state index in [9.17, 15) is 9.59 Å². The first-order valence-corrected chi connectivity index (χ1v) is 8.03. The number of carbonyl (C=O) groups is 2. The van der Waals surface area contributed by atoms with E-state index in [1.54, 1.807) is 42.5 Å². The Balaban J connectivity index is 1.91. The second kappa shape index (κ2) is 8.93. The van der Waals surface area contributed by atoms with Crippen LogP contribution in [0.15, 0.2) is 48.5 Å². The molecule has 0 fully saturated rings. The number of carbonyl (C=O) groups excluding carboxylic acids is 2. The van der Waals surface area contributed by atoms with E-state index in [-0.39, 0.29) is 18.4 Å². The lowest BCUT2D eigenvalue weighted by Gasteiger charge is -2.12. The second-order valence-electron chi connectivity index (χ2n) is 5.09. The average molecular weight is 347 g/mol. The van der Waals surface area contributed by atoms with Crippen LogP contribution in [0.5, 0.6) is 5.75 Å². The summed E-state index contributed by atoms with van der Waals surface area (Å²) in [4.78, 5) is 24.0. The molecule has 0 aliphatic carbocycles. The summed E-state index contributed by atoms with van der Waals surface area (Å²) in [6.45, 7) is 2.43. The number of halogens is 1. The topological polar surface area (TPSA) is 67.4 Å². The number of hydrogen-bond acceptors (Lipinski definition) is 3. The summed E-state index contributed by atoms with van der Waals surface area (Å²) >= 11 is 5.84. The molecule has 2 aromatic carbocycles. The maximum absolute atomic E-state index is 12.0. The highest BCUT2D eigenvalue weighted by Crippen LogP contribution is 2.23. The van der Waals surface area contributed by atoms with Crippen molar-refractivity contribution in [2.24, 2.45) is 0 Å². The van der Waals surface area contributed by atoms with Crippen molar-refractivity contribution >= 4 is 29.1 Å². The first kappa shape index (κ1) is 17.8. The van der Waals surface area contributed by atoms with Gasteiger partial charge in [-0.15, -0.1) is 0 Å². The Morgan fingerprint density at radius 2 is 1.92 bits per heavy atom. The van der Waals surface area contributed by atoms with Gasteiger partial charge < -0.3 is 15.4 Å². The van der Waals surface area contributed by atoms with Crippen LogP contribution >= 0.6 is 11.6 Å². The Morgan fingerprint density at radius 1 is 1.12 bits per heavy atom. The molecule has 0 unspecified atom stereocenters. The Bertz CT molecular complexity index is 719. The van der Waals surface area contributed by atoms with Gasteiger partial charge in [0, 0.05) is 10.6 Å². The summed E-state index contributed by atoms with van der Waals surface area (Å²) in [5.74, 6) is -0.0880. The normalized spacial score (nSPS) is 10.1. The molecule has 0 saturated carbocycles. The Morgan fingerprint density at radius 3 is 2.67 bits per heavy atom. The monoisotopic (exact) mass is 346 g/mol. The number of nitrogens with one attached hydrogen (secondary N) is 2. The fourth-order valence-corrected chi connectivity index (χ4v) is 2.18. The van der Waals surface area contributed by atoms with Crippen LogP contribution in [0.2, 0.25) is 5.02 Å². The van der Waals surface area contributed by atoms with Crippen LogP contribution in [-0.2, 0) is 4.79 Å². The molecule has 0 aliphatic heterocycles.